The Morgan fingerprint density at radius 2 is 0.734 bits per heavy atom. The first-order valence-electron chi connectivity index (χ1n) is 22.0. The highest BCUT2D eigenvalue weighted by atomic mass is 16.3. The van der Waals surface area contributed by atoms with Gasteiger partial charge in [-0.05, 0) is 200 Å². The van der Waals surface area contributed by atoms with Crippen LogP contribution in [0.5, 0.6) is 0 Å². The number of nitriles is 1. The Hall–Kier alpha value is -7.81. The van der Waals surface area contributed by atoms with Gasteiger partial charge >= 0.3 is 0 Å². The standard InChI is InChI=1S/C59H47N3O2/c1-33-13-9-17-52(37(33)5)61(53-18-10-14-34(2)38(53)6)45-23-21-41-27-47-49-31-50-48-28-42-22-24-46(62(54-19-11-15-35(3)39(54)7)55-20-12-16-36(4)40(55)8)26-44(42)30-57(48)64-59(50)51(32-60)58(49)63-56(47)29-43(41)25-45/h9-31H,1-8H3. The van der Waals surface area contributed by atoms with Gasteiger partial charge < -0.3 is 18.6 Å². The molecule has 0 N–H and O–H groups in total. The second-order valence-corrected chi connectivity index (χ2v) is 17.6. The normalized spacial score (nSPS) is 11.7. The number of aryl methyl sites for hydroxylation is 4. The lowest BCUT2D eigenvalue weighted by Gasteiger charge is -2.30. The largest absolute Gasteiger partial charge is 0.454 e. The molecule has 0 amide bonds. The molecule has 0 fully saturated rings. The van der Waals surface area contributed by atoms with Crippen LogP contribution in [-0.4, -0.2) is 0 Å². The first kappa shape index (κ1) is 39.1. The Bertz CT molecular complexity index is 3460. The lowest BCUT2D eigenvalue weighted by Crippen LogP contribution is -2.13. The van der Waals surface area contributed by atoms with Crippen LogP contribution in [0.2, 0.25) is 0 Å². The smallest absolute Gasteiger partial charge is 0.157 e. The molecule has 0 aliphatic rings. The number of anilines is 6. The molecule has 310 valence electrons. The third-order valence-corrected chi connectivity index (χ3v) is 14.0. The van der Waals surface area contributed by atoms with Crippen LogP contribution in [0, 0.1) is 66.7 Å². The summed E-state index contributed by atoms with van der Waals surface area (Å²) >= 11 is 0. The van der Waals surface area contributed by atoms with Crippen LogP contribution in [0.3, 0.4) is 0 Å². The first-order chi connectivity index (χ1) is 31.0. The predicted octanol–water partition coefficient (Wildman–Crippen LogP) is 17.1. The van der Waals surface area contributed by atoms with Gasteiger partial charge in [0.25, 0.3) is 0 Å². The first-order valence-corrected chi connectivity index (χ1v) is 22.0. The molecule has 0 bridgehead atoms. The molecule has 0 radical (unpaired) electrons. The second-order valence-electron chi connectivity index (χ2n) is 17.6. The minimum absolute atomic E-state index is 0.404. The minimum Gasteiger partial charge on any atom is -0.454 e. The van der Waals surface area contributed by atoms with Crippen molar-refractivity contribution in [3.05, 3.63) is 190 Å². The molecule has 11 rings (SSSR count). The van der Waals surface area contributed by atoms with E-state index in [2.05, 4.69) is 211 Å². The molecule has 0 aliphatic carbocycles. The van der Waals surface area contributed by atoms with Gasteiger partial charge in [0.2, 0.25) is 0 Å². The van der Waals surface area contributed by atoms with E-state index in [1.54, 1.807) is 0 Å². The number of hydrogen-bond acceptors (Lipinski definition) is 5. The summed E-state index contributed by atoms with van der Waals surface area (Å²) in [5, 5.41) is 18.8. The second kappa shape index (κ2) is 14.6. The Morgan fingerprint density at radius 3 is 1.08 bits per heavy atom. The van der Waals surface area contributed by atoms with Crippen molar-refractivity contribution in [1.82, 2.24) is 0 Å². The van der Waals surface area contributed by atoms with E-state index in [9.17, 15) is 5.26 Å². The summed E-state index contributed by atoms with van der Waals surface area (Å²) in [5.74, 6) is 0. The molecule has 2 heterocycles. The quantitative estimate of drug-likeness (QED) is 0.167. The molecular formula is C59H47N3O2. The lowest BCUT2D eigenvalue weighted by molar-refractivity contribution is 0.654. The summed E-state index contributed by atoms with van der Waals surface area (Å²) in [7, 11) is 0. The van der Waals surface area contributed by atoms with Crippen molar-refractivity contribution in [2.24, 2.45) is 0 Å². The molecular weight excluding hydrogens is 783 g/mol. The van der Waals surface area contributed by atoms with E-state index in [-0.39, 0.29) is 0 Å². The number of fused-ring (bicyclic) bond motifs is 8. The zero-order valence-electron chi connectivity index (χ0n) is 37.4. The third kappa shape index (κ3) is 5.97. The average molecular weight is 830 g/mol. The number of nitrogens with zero attached hydrogens (tertiary/aromatic N) is 3. The van der Waals surface area contributed by atoms with Crippen LogP contribution in [0.25, 0.3) is 65.4 Å². The van der Waals surface area contributed by atoms with Crippen LogP contribution in [-0.2, 0) is 0 Å². The van der Waals surface area contributed by atoms with Crippen molar-refractivity contribution in [2.75, 3.05) is 9.80 Å². The summed E-state index contributed by atoms with van der Waals surface area (Å²) < 4.78 is 13.3. The fraction of sp³-hybridized carbons (Fsp3) is 0.136. The summed E-state index contributed by atoms with van der Waals surface area (Å²) in [5.41, 5.74) is 19.6. The Morgan fingerprint density at radius 1 is 0.375 bits per heavy atom. The zero-order valence-corrected chi connectivity index (χ0v) is 37.4. The van der Waals surface area contributed by atoms with E-state index >= 15 is 0 Å². The molecule has 64 heavy (non-hydrogen) atoms. The zero-order chi connectivity index (χ0) is 44.1. The van der Waals surface area contributed by atoms with Crippen LogP contribution >= 0.6 is 0 Å². The Balaban J connectivity index is 1.05. The van der Waals surface area contributed by atoms with Crippen molar-refractivity contribution in [3.8, 4) is 6.07 Å². The molecule has 2 aromatic heterocycles. The van der Waals surface area contributed by atoms with Gasteiger partial charge in [0.1, 0.15) is 22.8 Å². The molecule has 0 unspecified atom stereocenters. The molecule has 5 nitrogen and oxygen atoms in total. The van der Waals surface area contributed by atoms with Crippen molar-refractivity contribution in [2.45, 2.75) is 55.4 Å². The van der Waals surface area contributed by atoms with Crippen LogP contribution in [0.1, 0.15) is 50.1 Å². The van der Waals surface area contributed by atoms with Gasteiger partial charge in [-0.15, -0.1) is 0 Å². The number of hydrogen-bond donors (Lipinski definition) is 0. The summed E-state index contributed by atoms with van der Waals surface area (Å²) in [4.78, 5) is 4.74. The van der Waals surface area contributed by atoms with Crippen molar-refractivity contribution in [1.29, 1.82) is 5.26 Å². The predicted molar refractivity (Wildman–Crippen MR) is 268 cm³/mol. The molecule has 5 heteroatoms. The van der Waals surface area contributed by atoms with E-state index in [0.29, 0.717) is 16.7 Å². The van der Waals surface area contributed by atoms with E-state index in [0.717, 1.165) is 88.4 Å². The molecule has 0 spiro atoms. The molecule has 0 atom stereocenters. The van der Waals surface area contributed by atoms with Crippen LogP contribution < -0.4 is 9.80 Å². The van der Waals surface area contributed by atoms with Crippen LogP contribution in [0.15, 0.2) is 148 Å². The van der Waals surface area contributed by atoms with Gasteiger partial charge in [-0.25, -0.2) is 0 Å². The summed E-state index contributed by atoms with van der Waals surface area (Å²) in [6.07, 6.45) is 0. The van der Waals surface area contributed by atoms with Gasteiger partial charge in [0.15, 0.2) is 11.2 Å². The SMILES string of the molecule is Cc1cccc(N(c2ccc3cc4c(cc3c2)oc2c(C#N)c3oc5cc6cc(N(c7cccc(C)c7C)c7cccc(C)c7C)ccc6cc5c3cc24)c2cccc(C)c2C)c1C. The molecule has 9 aromatic carbocycles. The minimum atomic E-state index is 0.404. The van der Waals surface area contributed by atoms with Crippen molar-refractivity contribution < 1.29 is 8.83 Å². The highest BCUT2D eigenvalue weighted by Gasteiger charge is 2.24. The monoisotopic (exact) mass is 829 g/mol. The van der Waals surface area contributed by atoms with Crippen LogP contribution in [0.4, 0.5) is 34.1 Å². The van der Waals surface area contributed by atoms with Crippen molar-refractivity contribution >= 4 is 99.5 Å². The topological polar surface area (TPSA) is 56.6 Å². The average Bonchev–Trinajstić information content (AvgIpc) is 3.83. The van der Waals surface area contributed by atoms with Gasteiger partial charge in [-0.2, -0.15) is 5.26 Å². The molecule has 0 aliphatic heterocycles. The number of benzene rings is 9. The van der Waals surface area contributed by atoms with E-state index in [1.807, 2.05) is 0 Å². The lowest BCUT2D eigenvalue weighted by atomic mass is 9.99. The van der Waals surface area contributed by atoms with E-state index in [4.69, 9.17) is 8.83 Å². The molecule has 0 saturated heterocycles. The Labute approximate surface area is 373 Å². The molecule has 0 saturated carbocycles. The van der Waals surface area contributed by atoms with Gasteiger partial charge in [-0.1, -0.05) is 60.7 Å². The maximum atomic E-state index is 10.8. The molecule has 11 aromatic rings. The summed E-state index contributed by atoms with van der Waals surface area (Å²) in [6, 6.07) is 52.6. The maximum Gasteiger partial charge on any atom is 0.157 e. The highest BCUT2D eigenvalue weighted by Crippen LogP contribution is 2.46. The van der Waals surface area contributed by atoms with Crippen molar-refractivity contribution in [3.63, 3.8) is 0 Å². The fourth-order valence-electron chi connectivity index (χ4n) is 9.71. The fourth-order valence-corrected chi connectivity index (χ4v) is 9.71. The third-order valence-electron chi connectivity index (χ3n) is 14.0. The van der Waals surface area contributed by atoms with E-state index < -0.39 is 0 Å². The van der Waals surface area contributed by atoms with Gasteiger partial charge in [-0.3, -0.25) is 0 Å². The maximum absolute atomic E-state index is 10.8. The van der Waals surface area contributed by atoms with E-state index in [1.165, 1.54) is 44.5 Å². The highest BCUT2D eigenvalue weighted by molar-refractivity contribution is 6.20. The summed E-state index contributed by atoms with van der Waals surface area (Å²) in [6.45, 7) is 17.5. The number of rotatable bonds is 6. The Kier molecular flexibility index (Phi) is 8.94. The van der Waals surface area contributed by atoms with Gasteiger partial charge in [0.05, 0.1) is 0 Å². The van der Waals surface area contributed by atoms with Gasteiger partial charge in [0, 0.05) is 55.7 Å². The number of furan rings is 2.